The average Bonchev–Trinajstić information content (AvgIpc) is 2.68. The number of carbonyl (C=O) groups excluding carboxylic acids is 1. The molecule has 0 aliphatic rings. The van der Waals surface area contributed by atoms with Crippen LogP contribution >= 0.6 is 15.9 Å². The van der Waals surface area contributed by atoms with Gasteiger partial charge in [0.15, 0.2) is 0 Å². The highest BCUT2D eigenvalue weighted by Crippen LogP contribution is 2.29. The Morgan fingerprint density at radius 2 is 1.73 bits per heavy atom. The molecule has 0 radical (unpaired) electrons. The highest BCUT2D eigenvalue weighted by molar-refractivity contribution is 9.10. The summed E-state index contributed by atoms with van der Waals surface area (Å²) in [4.78, 5) is 12.9. The molecule has 26 heavy (non-hydrogen) atoms. The molecule has 0 saturated carbocycles. The molecule has 1 atom stereocenters. The van der Waals surface area contributed by atoms with E-state index in [-0.39, 0.29) is 11.9 Å². The first-order chi connectivity index (χ1) is 12.7. The number of amides is 1. The van der Waals surface area contributed by atoms with E-state index in [1.807, 2.05) is 73.7 Å². The van der Waals surface area contributed by atoms with E-state index in [4.69, 9.17) is 4.74 Å². The quantitative estimate of drug-likeness (QED) is 0.594. The minimum atomic E-state index is -0.255. The Hall–Kier alpha value is -2.59. The summed E-state index contributed by atoms with van der Waals surface area (Å²) in [5, 5.41) is 3.15. The number of carbonyl (C=O) groups is 1. The Bertz CT molecular complexity index is 880. The maximum absolute atomic E-state index is 12.9. The normalized spacial score (nSPS) is 11.6. The molecule has 0 spiro atoms. The molecule has 0 bridgehead atoms. The summed E-state index contributed by atoms with van der Waals surface area (Å²) in [7, 11) is 0. The van der Waals surface area contributed by atoms with E-state index in [9.17, 15) is 4.79 Å². The van der Waals surface area contributed by atoms with Gasteiger partial charge in [-0.1, -0.05) is 70.5 Å². The fourth-order valence-electron chi connectivity index (χ4n) is 2.80. The van der Waals surface area contributed by atoms with Crippen molar-refractivity contribution in [2.45, 2.75) is 13.0 Å². The first kappa shape index (κ1) is 18.2. The van der Waals surface area contributed by atoms with Crippen LogP contribution in [0.1, 0.15) is 34.5 Å². The summed E-state index contributed by atoms with van der Waals surface area (Å²) in [6.07, 6.45) is 0. The van der Waals surface area contributed by atoms with Crippen LogP contribution in [-0.2, 0) is 0 Å². The molecule has 3 rings (SSSR count). The van der Waals surface area contributed by atoms with Crippen LogP contribution in [-0.4, -0.2) is 12.5 Å². The number of hydrogen-bond donors (Lipinski definition) is 1. The third-order valence-electron chi connectivity index (χ3n) is 4.03. The summed E-state index contributed by atoms with van der Waals surface area (Å²) in [6, 6.07) is 24.8. The van der Waals surface area contributed by atoms with Gasteiger partial charge in [0.25, 0.3) is 5.91 Å². The van der Waals surface area contributed by atoms with Crippen molar-refractivity contribution in [2.24, 2.45) is 0 Å². The molecule has 0 aliphatic heterocycles. The minimum absolute atomic E-state index is 0.142. The first-order valence-electron chi connectivity index (χ1n) is 8.52. The van der Waals surface area contributed by atoms with Crippen molar-refractivity contribution >= 4 is 21.8 Å². The van der Waals surface area contributed by atoms with Crippen LogP contribution in [0.2, 0.25) is 0 Å². The number of rotatable bonds is 6. The van der Waals surface area contributed by atoms with Crippen LogP contribution in [0.5, 0.6) is 5.75 Å². The number of benzene rings is 3. The predicted octanol–water partition coefficient (Wildman–Crippen LogP) is 5.37. The zero-order valence-electron chi connectivity index (χ0n) is 14.5. The molecule has 0 saturated heterocycles. The van der Waals surface area contributed by atoms with E-state index in [1.54, 1.807) is 12.1 Å². The molecule has 0 heterocycles. The lowest BCUT2D eigenvalue weighted by molar-refractivity contribution is 0.0942. The standard InChI is InChI=1S/C22H20BrNO2/c1-2-26-18-12-8-11-17(15-18)22(25)24-21(16-9-4-3-5-10-16)19-13-6-7-14-20(19)23/h3-15,21H,2H2,1H3,(H,24,25). The van der Waals surface area contributed by atoms with Gasteiger partial charge < -0.3 is 10.1 Å². The summed E-state index contributed by atoms with van der Waals surface area (Å²) >= 11 is 3.60. The van der Waals surface area contributed by atoms with Gasteiger partial charge in [0.2, 0.25) is 0 Å². The van der Waals surface area contributed by atoms with Crippen molar-refractivity contribution in [1.29, 1.82) is 0 Å². The van der Waals surface area contributed by atoms with Crippen LogP contribution in [0.3, 0.4) is 0 Å². The SMILES string of the molecule is CCOc1cccc(C(=O)NC(c2ccccc2)c2ccccc2Br)c1. The van der Waals surface area contributed by atoms with Gasteiger partial charge in [-0.05, 0) is 42.3 Å². The van der Waals surface area contributed by atoms with Gasteiger partial charge in [-0.2, -0.15) is 0 Å². The topological polar surface area (TPSA) is 38.3 Å². The van der Waals surface area contributed by atoms with Crippen LogP contribution < -0.4 is 10.1 Å². The van der Waals surface area contributed by atoms with Gasteiger partial charge in [-0.3, -0.25) is 4.79 Å². The largest absolute Gasteiger partial charge is 0.494 e. The second-order valence-corrected chi connectivity index (χ2v) is 6.65. The maximum atomic E-state index is 12.9. The van der Waals surface area contributed by atoms with Crippen LogP contribution in [0.4, 0.5) is 0 Å². The lowest BCUT2D eigenvalue weighted by Gasteiger charge is -2.21. The molecule has 3 nitrogen and oxygen atoms in total. The molecular formula is C22H20BrNO2. The van der Waals surface area contributed by atoms with E-state index in [2.05, 4.69) is 21.2 Å². The average molecular weight is 410 g/mol. The summed E-state index contributed by atoms with van der Waals surface area (Å²) in [5.74, 6) is 0.550. The van der Waals surface area contributed by atoms with Crippen molar-refractivity contribution in [3.8, 4) is 5.75 Å². The van der Waals surface area contributed by atoms with E-state index in [0.717, 1.165) is 15.6 Å². The van der Waals surface area contributed by atoms with E-state index >= 15 is 0 Å². The van der Waals surface area contributed by atoms with E-state index in [0.29, 0.717) is 17.9 Å². The summed E-state index contributed by atoms with van der Waals surface area (Å²) in [6.45, 7) is 2.49. The molecule has 3 aromatic carbocycles. The fraction of sp³-hybridized carbons (Fsp3) is 0.136. The van der Waals surface area contributed by atoms with E-state index in [1.165, 1.54) is 0 Å². The molecule has 1 N–H and O–H groups in total. The molecular weight excluding hydrogens is 390 g/mol. The molecule has 132 valence electrons. The number of ether oxygens (including phenoxy) is 1. The molecule has 0 fully saturated rings. The van der Waals surface area contributed by atoms with Gasteiger partial charge in [0, 0.05) is 10.0 Å². The monoisotopic (exact) mass is 409 g/mol. The first-order valence-corrected chi connectivity index (χ1v) is 9.31. The highest BCUT2D eigenvalue weighted by Gasteiger charge is 2.20. The van der Waals surface area contributed by atoms with Crippen molar-refractivity contribution in [1.82, 2.24) is 5.32 Å². The maximum Gasteiger partial charge on any atom is 0.252 e. The Morgan fingerprint density at radius 1 is 1.00 bits per heavy atom. The Kier molecular flexibility index (Phi) is 6.08. The Morgan fingerprint density at radius 3 is 2.46 bits per heavy atom. The van der Waals surface area contributed by atoms with Gasteiger partial charge in [-0.25, -0.2) is 0 Å². The number of nitrogens with one attached hydrogen (secondary N) is 1. The summed E-state index contributed by atoms with van der Waals surface area (Å²) < 4.78 is 6.46. The highest BCUT2D eigenvalue weighted by atomic mass is 79.9. The zero-order valence-corrected chi connectivity index (χ0v) is 16.1. The minimum Gasteiger partial charge on any atom is -0.494 e. The van der Waals surface area contributed by atoms with Gasteiger partial charge in [-0.15, -0.1) is 0 Å². The lowest BCUT2D eigenvalue weighted by Crippen LogP contribution is -2.29. The second-order valence-electron chi connectivity index (χ2n) is 5.80. The van der Waals surface area contributed by atoms with Crippen LogP contribution in [0.15, 0.2) is 83.3 Å². The van der Waals surface area contributed by atoms with Crippen LogP contribution in [0, 0.1) is 0 Å². The Balaban J connectivity index is 1.92. The van der Waals surface area contributed by atoms with Crippen molar-refractivity contribution in [2.75, 3.05) is 6.61 Å². The third-order valence-corrected chi connectivity index (χ3v) is 4.75. The predicted molar refractivity (Wildman–Crippen MR) is 108 cm³/mol. The van der Waals surface area contributed by atoms with Gasteiger partial charge in [0.05, 0.1) is 12.6 Å². The summed E-state index contributed by atoms with van der Waals surface area (Å²) in [5.41, 5.74) is 2.60. The third kappa shape index (κ3) is 4.33. The van der Waals surface area contributed by atoms with Gasteiger partial charge >= 0.3 is 0 Å². The molecule has 4 heteroatoms. The van der Waals surface area contributed by atoms with Crippen LogP contribution in [0.25, 0.3) is 0 Å². The zero-order chi connectivity index (χ0) is 18.4. The lowest BCUT2D eigenvalue weighted by atomic mass is 9.98. The van der Waals surface area contributed by atoms with Crippen molar-refractivity contribution in [3.63, 3.8) is 0 Å². The number of halogens is 1. The van der Waals surface area contributed by atoms with E-state index < -0.39 is 0 Å². The smallest absolute Gasteiger partial charge is 0.252 e. The molecule has 1 amide bonds. The number of hydrogen-bond acceptors (Lipinski definition) is 2. The molecule has 3 aromatic rings. The van der Waals surface area contributed by atoms with Crippen molar-refractivity contribution in [3.05, 3.63) is 100 Å². The fourth-order valence-corrected chi connectivity index (χ4v) is 3.32. The Labute approximate surface area is 162 Å². The molecule has 0 aromatic heterocycles. The second kappa shape index (κ2) is 8.68. The van der Waals surface area contributed by atoms with Gasteiger partial charge in [0.1, 0.15) is 5.75 Å². The molecule has 1 unspecified atom stereocenters. The molecule has 0 aliphatic carbocycles. The van der Waals surface area contributed by atoms with Crippen molar-refractivity contribution < 1.29 is 9.53 Å².